The van der Waals surface area contributed by atoms with Crippen molar-refractivity contribution in [3.8, 4) is 5.88 Å². The van der Waals surface area contributed by atoms with E-state index in [1.54, 1.807) is 24.3 Å². The van der Waals surface area contributed by atoms with Gasteiger partial charge in [0.05, 0.1) is 0 Å². The molecule has 0 saturated carbocycles. The van der Waals surface area contributed by atoms with Crippen LogP contribution in [0.1, 0.15) is 11.1 Å². The molecule has 1 heterocycles. The lowest BCUT2D eigenvalue weighted by atomic mass is 10.1. The van der Waals surface area contributed by atoms with Crippen molar-refractivity contribution in [2.45, 2.75) is 13.0 Å². The number of benzene rings is 2. The van der Waals surface area contributed by atoms with Crippen molar-refractivity contribution in [3.05, 3.63) is 82.6 Å². The number of aromatic nitrogens is 2. The van der Waals surface area contributed by atoms with E-state index in [4.69, 9.17) is 16.3 Å². The fourth-order valence-electron chi connectivity index (χ4n) is 2.77. The Morgan fingerprint density at radius 3 is 2.60 bits per heavy atom. The van der Waals surface area contributed by atoms with Crippen molar-refractivity contribution in [1.82, 2.24) is 15.5 Å². The summed E-state index contributed by atoms with van der Waals surface area (Å²) in [5.41, 5.74) is 2.01. The van der Waals surface area contributed by atoms with Crippen LogP contribution in [0, 0.1) is 5.82 Å². The number of nitrogens with one attached hydrogen (secondary N) is 1. The molecule has 30 heavy (non-hydrogen) atoms. The van der Waals surface area contributed by atoms with Crippen LogP contribution in [0.3, 0.4) is 0 Å². The second-order valence-corrected chi connectivity index (χ2v) is 7.17. The van der Waals surface area contributed by atoms with Gasteiger partial charge >= 0.3 is 0 Å². The number of amides is 1. The monoisotopic (exact) mass is 428 g/mol. The van der Waals surface area contributed by atoms with Gasteiger partial charge in [0.25, 0.3) is 5.91 Å². The molecule has 156 valence electrons. The number of nitrogens with zero attached hydrogens (tertiary/aromatic N) is 3. The fraction of sp³-hybridized carbons (Fsp3) is 0.227. The Hall–Kier alpha value is -3.19. The molecule has 0 unspecified atom stereocenters. The average Bonchev–Trinajstić information content (AvgIpc) is 2.74. The summed E-state index contributed by atoms with van der Waals surface area (Å²) in [5.74, 6) is 0.393. The van der Waals surface area contributed by atoms with Crippen LogP contribution in [-0.2, 0) is 17.8 Å². The van der Waals surface area contributed by atoms with Gasteiger partial charge in [0.2, 0.25) is 5.88 Å². The van der Waals surface area contributed by atoms with Gasteiger partial charge in [-0.15, -0.1) is 10.2 Å². The molecule has 0 aliphatic rings. The second-order valence-electron chi connectivity index (χ2n) is 6.73. The first kappa shape index (κ1) is 21.5. The molecular weight excluding hydrogens is 407 g/mol. The Morgan fingerprint density at radius 1 is 1.10 bits per heavy atom. The third-order valence-corrected chi connectivity index (χ3v) is 4.56. The van der Waals surface area contributed by atoms with Crippen LogP contribution in [-0.4, -0.2) is 36.3 Å². The summed E-state index contributed by atoms with van der Waals surface area (Å²) in [5, 5.41) is 11.6. The highest BCUT2D eigenvalue weighted by molar-refractivity contribution is 6.30. The van der Waals surface area contributed by atoms with Crippen molar-refractivity contribution in [2.24, 2.45) is 0 Å². The van der Waals surface area contributed by atoms with Crippen molar-refractivity contribution in [2.75, 3.05) is 25.1 Å². The summed E-state index contributed by atoms with van der Waals surface area (Å²) in [6.45, 7) is 0.903. The number of halogens is 2. The van der Waals surface area contributed by atoms with E-state index < -0.39 is 0 Å². The molecule has 1 amide bonds. The summed E-state index contributed by atoms with van der Waals surface area (Å²) < 4.78 is 18.4. The van der Waals surface area contributed by atoms with Crippen molar-refractivity contribution < 1.29 is 13.9 Å². The lowest BCUT2D eigenvalue weighted by molar-refractivity contribution is -0.123. The highest BCUT2D eigenvalue weighted by Gasteiger charge is 2.08. The molecule has 0 bridgehead atoms. The Morgan fingerprint density at radius 2 is 1.90 bits per heavy atom. The van der Waals surface area contributed by atoms with Crippen LogP contribution in [0.25, 0.3) is 0 Å². The Bertz CT molecular complexity index is 968. The summed E-state index contributed by atoms with van der Waals surface area (Å²) in [7, 11) is 1.86. The van der Waals surface area contributed by atoms with E-state index in [1.807, 2.05) is 36.2 Å². The van der Waals surface area contributed by atoms with Crippen LogP contribution in [0.5, 0.6) is 5.88 Å². The number of anilines is 1. The molecule has 3 rings (SSSR count). The van der Waals surface area contributed by atoms with E-state index in [0.717, 1.165) is 11.1 Å². The predicted octanol–water partition coefficient (Wildman–Crippen LogP) is 3.64. The molecule has 1 aromatic heterocycles. The molecule has 0 atom stereocenters. The summed E-state index contributed by atoms with van der Waals surface area (Å²) in [4.78, 5) is 13.8. The fourth-order valence-corrected chi connectivity index (χ4v) is 2.98. The standard InChI is InChI=1S/C22H22ClFN4O2/c1-28(14-17-5-7-19(24)8-6-17)20-9-10-22(27-26-20)30-15-21(29)25-12-11-16-3-2-4-18(23)13-16/h2-10,13H,11-12,14-15H2,1H3,(H,25,29). The summed E-state index contributed by atoms with van der Waals surface area (Å²) in [6, 6.07) is 17.2. The molecule has 8 heteroatoms. The zero-order chi connectivity index (χ0) is 21.3. The minimum Gasteiger partial charge on any atom is -0.466 e. The Kier molecular flexibility index (Phi) is 7.57. The number of carbonyl (C=O) groups excluding carboxylic acids is 1. The van der Waals surface area contributed by atoms with Crippen LogP contribution in [0.15, 0.2) is 60.7 Å². The third kappa shape index (κ3) is 6.70. The van der Waals surface area contributed by atoms with Crippen LogP contribution in [0.4, 0.5) is 10.2 Å². The number of carbonyl (C=O) groups is 1. The van der Waals surface area contributed by atoms with Gasteiger partial charge in [0.1, 0.15) is 5.82 Å². The smallest absolute Gasteiger partial charge is 0.258 e. The number of ether oxygens (including phenoxy) is 1. The zero-order valence-electron chi connectivity index (χ0n) is 16.5. The molecule has 0 fully saturated rings. The molecule has 0 saturated heterocycles. The van der Waals surface area contributed by atoms with Gasteiger partial charge in [-0.05, 0) is 47.9 Å². The van der Waals surface area contributed by atoms with Gasteiger partial charge in [-0.3, -0.25) is 4.79 Å². The number of hydrogen-bond acceptors (Lipinski definition) is 5. The lowest BCUT2D eigenvalue weighted by Gasteiger charge is -2.17. The van der Waals surface area contributed by atoms with Crippen molar-refractivity contribution in [3.63, 3.8) is 0 Å². The maximum absolute atomic E-state index is 13.0. The van der Waals surface area contributed by atoms with E-state index in [1.165, 1.54) is 12.1 Å². The minimum absolute atomic E-state index is 0.144. The first-order valence-electron chi connectivity index (χ1n) is 9.43. The van der Waals surface area contributed by atoms with E-state index in [9.17, 15) is 9.18 Å². The van der Waals surface area contributed by atoms with Gasteiger partial charge in [0.15, 0.2) is 12.4 Å². The van der Waals surface area contributed by atoms with Crippen molar-refractivity contribution >= 4 is 23.3 Å². The molecule has 2 aromatic carbocycles. The number of hydrogen-bond donors (Lipinski definition) is 1. The second kappa shape index (κ2) is 10.5. The molecule has 0 aliphatic carbocycles. The average molecular weight is 429 g/mol. The minimum atomic E-state index is -0.267. The molecule has 3 aromatic rings. The van der Waals surface area contributed by atoms with E-state index >= 15 is 0 Å². The first-order valence-corrected chi connectivity index (χ1v) is 9.80. The topological polar surface area (TPSA) is 67.3 Å². The Labute approximate surface area is 179 Å². The first-order chi connectivity index (χ1) is 14.5. The molecule has 0 spiro atoms. The third-order valence-electron chi connectivity index (χ3n) is 4.33. The molecule has 1 N–H and O–H groups in total. The normalized spacial score (nSPS) is 10.5. The SMILES string of the molecule is CN(Cc1ccc(F)cc1)c1ccc(OCC(=O)NCCc2cccc(Cl)c2)nn1. The van der Waals surface area contributed by atoms with Gasteiger partial charge < -0.3 is 15.0 Å². The van der Waals surface area contributed by atoms with Gasteiger partial charge in [-0.25, -0.2) is 4.39 Å². The maximum Gasteiger partial charge on any atom is 0.258 e. The van der Waals surface area contributed by atoms with Gasteiger partial charge in [-0.2, -0.15) is 0 Å². The highest BCUT2D eigenvalue weighted by Crippen LogP contribution is 2.15. The molecule has 0 aliphatic heterocycles. The predicted molar refractivity (Wildman–Crippen MR) is 114 cm³/mol. The van der Waals surface area contributed by atoms with Crippen LogP contribution >= 0.6 is 11.6 Å². The lowest BCUT2D eigenvalue weighted by Crippen LogP contribution is -2.30. The molecule has 0 radical (unpaired) electrons. The van der Waals surface area contributed by atoms with Crippen LogP contribution in [0.2, 0.25) is 5.02 Å². The van der Waals surface area contributed by atoms with Crippen LogP contribution < -0.4 is 15.0 Å². The quantitative estimate of drug-likeness (QED) is 0.563. The number of rotatable bonds is 9. The molecule has 6 nitrogen and oxygen atoms in total. The summed E-state index contributed by atoms with van der Waals surface area (Å²) >= 11 is 5.94. The summed E-state index contributed by atoms with van der Waals surface area (Å²) in [6.07, 6.45) is 0.682. The van der Waals surface area contributed by atoms with Crippen molar-refractivity contribution in [1.29, 1.82) is 0 Å². The Balaban J connectivity index is 1.41. The maximum atomic E-state index is 13.0. The van der Waals surface area contributed by atoms with E-state index in [0.29, 0.717) is 30.4 Å². The van der Waals surface area contributed by atoms with E-state index in [-0.39, 0.29) is 24.2 Å². The van der Waals surface area contributed by atoms with E-state index in [2.05, 4.69) is 15.5 Å². The highest BCUT2D eigenvalue weighted by atomic mass is 35.5. The largest absolute Gasteiger partial charge is 0.466 e. The van der Waals surface area contributed by atoms with Gasteiger partial charge in [-0.1, -0.05) is 35.9 Å². The van der Waals surface area contributed by atoms with Gasteiger partial charge in [0, 0.05) is 31.2 Å². The molecular formula is C22H22ClFN4O2. The zero-order valence-corrected chi connectivity index (χ0v) is 17.3.